The Morgan fingerprint density at radius 1 is 1.08 bits per heavy atom. The Balaban J connectivity index is 0.000000720. The van der Waals surface area contributed by atoms with Gasteiger partial charge in [0.05, 0.1) is 0 Å². The van der Waals surface area contributed by atoms with Crippen LogP contribution >= 0.6 is 13.5 Å². The second-order valence-corrected chi connectivity index (χ2v) is 2.35. The van der Waals surface area contributed by atoms with Crippen LogP contribution in [0.3, 0.4) is 0 Å². The maximum atomic E-state index is 9.31. The molecule has 0 radical (unpaired) electrons. The molecular formula is C9H9NOS. The van der Waals surface area contributed by atoms with E-state index in [1.807, 2.05) is 18.2 Å². The maximum Gasteiger partial charge on any atom is 0.141 e. The molecule has 0 amide bonds. The summed E-state index contributed by atoms with van der Waals surface area (Å²) in [5, 5.41) is 10.3. The average Bonchev–Trinajstić information content (AvgIpc) is 2.06. The molecule has 62 valence electrons. The number of phenolic OH excluding ortho intramolecular Hbond substituents is 1. The van der Waals surface area contributed by atoms with Crippen molar-refractivity contribution in [1.82, 2.24) is 4.98 Å². The predicted molar refractivity (Wildman–Crippen MR) is 53.8 cm³/mol. The summed E-state index contributed by atoms with van der Waals surface area (Å²) in [6, 6.07) is 9.13. The van der Waals surface area contributed by atoms with Gasteiger partial charge >= 0.3 is 0 Å². The normalized spacial score (nSPS) is 9.33. The highest BCUT2D eigenvalue weighted by Crippen LogP contribution is 2.20. The molecule has 0 aliphatic heterocycles. The van der Waals surface area contributed by atoms with Crippen LogP contribution in [0.25, 0.3) is 10.9 Å². The fraction of sp³-hybridized carbons (Fsp3) is 0. The van der Waals surface area contributed by atoms with Crippen molar-refractivity contribution in [2.75, 3.05) is 0 Å². The molecule has 0 saturated heterocycles. The van der Waals surface area contributed by atoms with Gasteiger partial charge in [0.1, 0.15) is 11.3 Å². The van der Waals surface area contributed by atoms with Crippen molar-refractivity contribution in [3.05, 3.63) is 36.5 Å². The lowest BCUT2D eigenvalue weighted by atomic mass is 10.2. The van der Waals surface area contributed by atoms with Crippen LogP contribution in [0.2, 0.25) is 0 Å². The lowest BCUT2D eigenvalue weighted by Crippen LogP contribution is -1.76. The molecule has 1 aromatic heterocycles. The van der Waals surface area contributed by atoms with Crippen LogP contribution in [0.4, 0.5) is 0 Å². The van der Waals surface area contributed by atoms with Crippen LogP contribution in [-0.2, 0) is 0 Å². The molecule has 3 heteroatoms. The first kappa shape index (κ1) is 8.87. The lowest BCUT2D eigenvalue weighted by Gasteiger charge is -1.96. The summed E-state index contributed by atoms with van der Waals surface area (Å²) >= 11 is 0. The highest BCUT2D eigenvalue weighted by molar-refractivity contribution is 7.59. The molecular weight excluding hydrogens is 170 g/mol. The third kappa shape index (κ3) is 1.36. The van der Waals surface area contributed by atoms with Crippen LogP contribution in [0.15, 0.2) is 36.5 Å². The number of benzene rings is 1. The van der Waals surface area contributed by atoms with E-state index in [4.69, 9.17) is 0 Å². The second-order valence-electron chi connectivity index (χ2n) is 2.35. The molecule has 2 nitrogen and oxygen atoms in total. The summed E-state index contributed by atoms with van der Waals surface area (Å²) in [4.78, 5) is 4.03. The van der Waals surface area contributed by atoms with Gasteiger partial charge in [-0.3, -0.25) is 4.98 Å². The van der Waals surface area contributed by atoms with Gasteiger partial charge in [-0.1, -0.05) is 18.2 Å². The number of pyridine rings is 1. The van der Waals surface area contributed by atoms with Crippen molar-refractivity contribution >= 4 is 24.4 Å². The zero-order valence-corrected chi connectivity index (χ0v) is 7.36. The molecule has 0 saturated carbocycles. The number of phenols is 1. The van der Waals surface area contributed by atoms with Crippen molar-refractivity contribution in [2.45, 2.75) is 0 Å². The summed E-state index contributed by atoms with van der Waals surface area (Å²) in [7, 11) is 0. The first-order valence-corrected chi connectivity index (χ1v) is 3.40. The predicted octanol–water partition coefficient (Wildman–Crippen LogP) is 2.05. The minimum atomic E-state index is 0. The molecule has 0 fully saturated rings. The maximum absolute atomic E-state index is 9.31. The van der Waals surface area contributed by atoms with E-state index in [0.29, 0.717) is 5.52 Å². The Labute approximate surface area is 77.3 Å². The molecule has 0 atom stereocenters. The number of hydrogen-bond donors (Lipinski definition) is 1. The molecule has 0 aliphatic rings. The lowest BCUT2D eigenvalue weighted by molar-refractivity contribution is 0.480. The summed E-state index contributed by atoms with van der Waals surface area (Å²) < 4.78 is 0. The quantitative estimate of drug-likeness (QED) is 0.671. The molecule has 2 aromatic rings. The van der Waals surface area contributed by atoms with Crippen LogP contribution in [-0.4, -0.2) is 10.1 Å². The first-order chi connectivity index (χ1) is 5.38. The van der Waals surface area contributed by atoms with Crippen molar-refractivity contribution in [1.29, 1.82) is 0 Å². The fourth-order valence-electron chi connectivity index (χ4n) is 1.09. The standard InChI is InChI=1S/C9H7NO.H2S/c11-8-5-1-3-7-4-2-6-10-9(7)8;/h1-6,11H;1H2. The number of aromatic nitrogens is 1. The van der Waals surface area contributed by atoms with Gasteiger partial charge < -0.3 is 5.11 Å². The summed E-state index contributed by atoms with van der Waals surface area (Å²) in [5.41, 5.74) is 0.662. The van der Waals surface area contributed by atoms with E-state index in [-0.39, 0.29) is 19.2 Å². The van der Waals surface area contributed by atoms with Crippen molar-refractivity contribution in [3.63, 3.8) is 0 Å². The molecule has 12 heavy (non-hydrogen) atoms. The van der Waals surface area contributed by atoms with Gasteiger partial charge in [-0.15, -0.1) is 0 Å². The van der Waals surface area contributed by atoms with Gasteiger partial charge in [0.25, 0.3) is 0 Å². The Bertz CT molecular complexity index is 384. The monoisotopic (exact) mass is 179 g/mol. The second kappa shape index (κ2) is 3.45. The smallest absolute Gasteiger partial charge is 0.141 e. The molecule has 0 spiro atoms. The summed E-state index contributed by atoms with van der Waals surface area (Å²) in [5.74, 6) is 0.239. The molecule has 0 bridgehead atoms. The van der Waals surface area contributed by atoms with Gasteiger partial charge in [0, 0.05) is 11.6 Å². The zero-order valence-electron chi connectivity index (χ0n) is 6.36. The van der Waals surface area contributed by atoms with Gasteiger partial charge in [-0.05, 0) is 12.1 Å². The number of para-hydroxylation sites is 1. The van der Waals surface area contributed by atoms with E-state index >= 15 is 0 Å². The molecule has 1 heterocycles. The van der Waals surface area contributed by atoms with Crippen molar-refractivity contribution in [3.8, 4) is 5.75 Å². The van der Waals surface area contributed by atoms with E-state index in [0.717, 1.165) is 5.39 Å². The molecule has 0 unspecified atom stereocenters. The molecule has 2 rings (SSSR count). The third-order valence-corrected chi connectivity index (χ3v) is 1.61. The van der Waals surface area contributed by atoms with Crippen LogP contribution in [0.5, 0.6) is 5.75 Å². The number of fused-ring (bicyclic) bond motifs is 1. The largest absolute Gasteiger partial charge is 0.506 e. The van der Waals surface area contributed by atoms with Gasteiger partial charge in [0.15, 0.2) is 0 Å². The van der Waals surface area contributed by atoms with E-state index < -0.39 is 0 Å². The number of rotatable bonds is 0. The first-order valence-electron chi connectivity index (χ1n) is 3.40. The summed E-state index contributed by atoms with van der Waals surface area (Å²) in [6.45, 7) is 0. The Morgan fingerprint density at radius 2 is 1.83 bits per heavy atom. The van der Waals surface area contributed by atoms with Gasteiger partial charge in [-0.25, -0.2) is 0 Å². The van der Waals surface area contributed by atoms with E-state index in [9.17, 15) is 5.11 Å². The Kier molecular flexibility index (Phi) is 2.55. The van der Waals surface area contributed by atoms with Crippen LogP contribution in [0, 0.1) is 0 Å². The van der Waals surface area contributed by atoms with E-state index in [1.165, 1.54) is 0 Å². The fourth-order valence-corrected chi connectivity index (χ4v) is 1.09. The third-order valence-electron chi connectivity index (χ3n) is 1.61. The average molecular weight is 179 g/mol. The molecule has 1 N–H and O–H groups in total. The zero-order chi connectivity index (χ0) is 7.68. The highest BCUT2D eigenvalue weighted by atomic mass is 32.1. The van der Waals surface area contributed by atoms with Crippen molar-refractivity contribution < 1.29 is 5.11 Å². The molecule has 0 aliphatic carbocycles. The number of nitrogens with zero attached hydrogens (tertiary/aromatic N) is 1. The van der Waals surface area contributed by atoms with E-state index in [2.05, 4.69) is 4.98 Å². The number of hydrogen-bond acceptors (Lipinski definition) is 2. The molecule has 1 aromatic carbocycles. The SMILES string of the molecule is Oc1cccc2cccnc12.S. The minimum Gasteiger partial charge on any atom is -0.506 e. The Hall–Kier alpha value is -1.22. The van der Waals surface area contributed by atoms with Gasteiger partial charge in [0.2, 0.25) is 0 Å². The Morgan fingerprint density at radius 3 is 2.58 bits per heavy atom. The summed E-state index contributed by atoms with van der Waals surface area (Å²) in [6.07, 6.45) is 1.67. The van der Waals surface area contributed by atoms with Crippen molar-refractivity contribution in [2.24, 2.45) is 0 Å². The van der Waals surface area contributed by atoms with Crippen LogP contribution in [0.1, 0.15) is 0 Å². The topological polar surface area (TPSA) is 33.1 Å². The van der Waals surface area contributed by atoms with Crippen LogP contribution < -0.4 is 0 Å². The minimum absolute atomic E-state index is 0. The van der Waals surface area contributed by atoms with Gasteiger partial charge in [-0.2, -0.15) is 13.5 Å². The highest BCUT2D eigenvalue weighted by Gasteiger charge is 1.96. The van der Waals surface area contributed by atoms with E-state index in [1.54, 1.807) is 18.3 Å². The number of aromatic hydroxyl groups is 1.